The van der Waals surface area contributed by atoms with E-state index < -0.39 is 0 Å². The second-order valence-corrected chi connectivity index (χ2v) is 4.42. The summed E-state index contributed by atoms with van der Waals surface area (Å²) in [5.74, 6) is 0. The molecule has 88 valence electrons. The minimum atomic E-state index is 0.881. The average Bonchev–Trinajstić information content (AvgIpc) is 2.62. The zero-order chi connectivity index (χ0) is 12.4. The molecule has 2 rings (SSSR count). The molecule has 0 fully saturated rings. The highest BCUT2D eigenvalue weighted by atomic mass is 15.2. The number of rotatable bonds is 2. The Morgan fingerprint density at radius 3 is 2.35 bits per heavy atom. The first kappa shape index (κ1) is 11.6. The van der Waals surface area contributed by atoms with Crippen molar-refractivity contribution in [2.45, 2.75) is 20.8 Å². The number of aryl methyl sites for hydroxylation is 4. The molecule has 0 saturated heterocycles. The van der Waals surface area contributed by atoms with Crippen LogP contribution in [0.25, 0.3) is 0 Å². The van der Waals surface area contributed by atoms with E-state index in [1.54, 1.807) is 4.68 Å². The van der Waals surface area contributed by atoms with Gasteiger partial charge in [0.2, 0.25) is 0 Å². The predicted octanol–water partition coefficient (Wildman–Crippen LogP) is 3.10. The number of benzene rings is 1. The summed E-state index contributed by atoms with van der Waals surface area (Å²) in [5.41, 5.74) is 5.61. The molecular weight excluding hydrogens is 210 g/mol. The highest BCUT2D eigenvalue weighted by Gasteiger charge is 2.01. The molecule has 0 amide bonds. The quantitative estimate of drug-likeness (QED) is 0.725. The maximum atomic E-state index is 4.53. The molecule has 0 spiro atoms. The van der Waals surface area contributed by atoms with Gasteiger partial charge in [-0.25, -0.2) is 0 Å². The lowest BCUT2D eigenvalue weighted by molar-refractivity contribution is 0.765. The van der Waals surface area contributed by atoms with Crippen molar-refractivity contribution in [1.82, 2.24) is 9.78 Å². The lowest BCUT2D eigenvalue weighted by Crippen LogP contribution is -1.90. The van der Waals surface area contributed by atoms with Gasteiger partial charge in [-0.05, 0) is 38.0 Å². The third kappa shape index (κ3) is 2.61. The van der Waals surface area contributed by atoms with Crippen molar-refractivity contribution >= 4 is 11.9 Å². The van der Waals surface area contributed by atoms with Gasteiger partial charge in [0.1, 0.15) is 5.69 Å². The first-order valence-corrected chi connectivity index (χ1v) is 5.68. The third-order valence-corrected chi connectivity index (χ3v) is 2.70. The van der Waals surface area contributed by atoms with Crippen LogP contribution >= 0.6 is 0 Å². The number of hydrogen-bond donors (Lipinski definition) is 0. The summed E-state index contributed by atoms with van der Waals surface area (Å²) in [6.45, 7) is 6.28. The van der Waals surface area contributed by atoms with Crippen LogP contribution in [0.15, 0.2) is 29.4 Å². The van der Waals surface area contributed by atoms with E-state index in [2.05, 4.69) is 43.0 Å². The molecule has 3 nitrogen and oxygen atoms in total. The van der Waals surface area contributed by atoms with E-state index in [0.29, 0.717) is 0 Å². The zero-order valence-electron chi connectivity index (χ0n) is 10.7. The topological polar surface area (TPSA) is 30.2 Å². The molecule has 0 radical (unpaired) electrons. The van der Waals surface area contributed by atoms with Gasteiger partial charge in [0.15, 0.2) is 0 Å². The average molecular weight is 227 g/mol. The molecule has 0 N–H and O–H groups in total. The van der Waals surface area contributed by atoms with Crippen LogP contribution in [0, 0.1) is 20.8 Å². The van der Waals surface area contributed by atoms with E-state index in [1.807, 2.05) is 25.5 Å². The Labute approximate surface area is 102 Å². The Morgan fingerprint density at radius 2 is 1.82 bits per heavy atom. The van der Waals surface area contributed by atoms with Gasteiger partial charge in [-0.3, -0.25) is 9.67 Å². The van der Waals surface area contributed by atoms with Crippen molar-refractivity contribution in [2.75, 3.05) is 0 Å². The molecule has 2 aromatic rings. The SMILES string of the molecule is Cc1cc(C)c(/N=C/c2ccn(C)n2)c(C)c1. The standard InChI is InChI=1S/C14H17N3/c1-10-7-11(2)14(12(3)8-10)15-9-13-5-6-17(4)16-13/h5-9H,1-4H3/b15-9+. The number of aliphatic imine (C=N–C) groups is 1. The lowest BCUT2D eigenvalue weighted by atomic mass is 10.1. The summed E-state index contributed by atoms with van der Waals surface area (Å²) in [7, 11) is 1.90. The van der Waals surface area contributed by atoms with Gasteiger partial charge >= 0.3 is 0 Å². The van der Waals surface area contributed by atoms with Crippen LogP contribution in [0.4, 0.5) is 5.69 Å². The van der Waals surface area contributed by atoms with E-state index in [9.17, 15) is 0 Å². The Balaban J connectivity index is 2.33. The molecule has 0 bridgehead atoms. The van der Waals surface area contributed by atoms with E-state index in [-0.39, 0.29) is 0 Å². The Kier molecular flexibility index (Phi) is 3.09. The van der Waals surface area contributed by atoms with E-state index >= 15 is 0 Å². The molecule has 0 aliphatic heterocycles. The molecular formula is C14H17N3. The van der Waals surface area contributed by atoms with E-state index in [0.717, 1.165) is 11.4 Å². The molecule has 1 aromatic heterocycles. The summed E-state index contributed by atoms with van der Waals surface area (Å²) in [6.07, 6.45) is 3.72. The maximum Gasteiger partial charge on any atom is 0.103 e. The fourth-order valence-corrected chi connectivity index (χ4v) is 2.01. The summed E-state index contributed by atoms with van der Waals surface area (Å²) in [4.78, 5) is 4.53. The second-order valence-electron chi connectivity index (χ2n) is 4.42. The number of aromatic nitrogens is 2. The van der Waals surface area contributed by atoms with Crippen LogP contribution < -0.4 is 0 Å². The minimum absolute atomic E-state index is 0.881. The molecule has 1 aromatic carbocycles. The highest BCUT2D eigenvalue weighted by molar-refractivity contribution is 5.80. The van der Waals surface area contributed by atoms with Gasteiger partial charge in [0.25, 0.3) is 0 Å². The van der Waals surface area contributed by atoms with Crippen LogP contribution in [0.1, 0.15) is 22.4 Å². The monoisotopic (exact) mass is 227 g/mol. The molecule has 0 saturated carbocycles. The molecule has 3 heteroatoms. The van der Waals surface area contributed by atoms with Crippen molar-refractivity contribution in [1.29, 1.82) is 0 Å². The fourth-order valence-electron chi connectivity index (χ4n) is 2.01. The predicted molar refractivity (Wildman–Crippen MR) is 71.1 cm³/mol. The van der Waals surface area contributed by atoms with Crippen LogP contribution in [-0.4, -0.2) is 16.0 Å². The van der Waals surface area contributed by atoms with Crippen molar-refractivity contribution < 1.29 is 0 Å². The molecule has 0 aliphatic carbocycles. The first-order chi connectivity index (χ1) is 8.06. The smallest absolute Gasteiger partial charge is 0.103 e. The lowest BCUT2D eigenvalue weighted by Gasteiger charge is -2.05. The summed E-state index contributed by atoms with van der Waals surface area (Å²) in [5, 5.41) is 4.27. The summed E-state index contributed by atoms with van der Waals surface area (Å²) < 4.78 is 1.77. The van der Waals surface area contributed by atoms with E-state index in [4.69, 9.17) is 0 Å². The highest BCUT2D eigenvalue weighted by Crippen LogP contribution is 2.24. The van der Waals surface area contributed by atoms with Gasteiger partial charge in [-0.1, -0.05) is 17.7 Å². The Hall–Kier alpha value is -1.90. The van der Waals surface area contributed by atoms with Gasteiger partial charge < -0.3 is 0 Å². The van der Waals surface area contributed by atoms with Gasteiger partial charge in [0.05, 0.1) is 11.9 Å². The van der Waals surface area contributed by atoms with Crippen LogP contribution in [0.3, 0.4) is 0 Å². The van der Waals surface area contributed by atoms with Crippen molar-refractivity contribution in [3.05, 3.63) is 46.8 Å². The van der Waals surface area contributed by atoms with Crippen molar-refractivity contribution in [3.8, 4) is 0 Å². The van der Waals surface area contributed by atoms with Crippen molar-refractivity contribution in [3.63, 3.8) is 0 Å². The molecule has 1 heterocycles. The minimum Gasteiger partial charge on any atom is -0.275 e. The van der Waals surface area contributed by atoms with Gasteiger partial charge in [-0.15, -0.1) is 0 Å². The van der Waals surface area contributed by atoms with Crippen LogP contribution in [0.5, 0.6) is 0 Å². The maximum absolute atomic E-state index is 4.53. The Morgan fingerprint density at radius 1 is 1.18 bits per heavy atom. The first-order valence-electron chi connectivity index (χ1n) is 5.68. The molecule has 0 unspecified atom stereocenters. The van der Waals surface area contributed by atoms with Crippen LogP contribution in [-0.2, 0) is 7.05 Å². The van der Waals surface area contributed by atoms with Gasteiger partial charge in [-0.2, -0.15) is 5.10 Å². The fraction of sp³-hybridized carbons (Fsp3) is 0.286. The Bertz CT molecular complexity index is 542. The summed E-state index contributed by atoms with van der Waals surface area (Å²) in [6, 6.07) is 6.25. The van der Waals surface area contributed by atoms with Crippen molar-refractivity contribution in [2.24, 2.45) is 12.0 Å². The molecule has 0 atom stereocenters. The van der Waals surface area contributed by atoms with Crippen LogP contribution in [0.2, 0.25) is 0 Å². The number of hydrogen-bond acceptors (Lipinski definition) is 2. The number of nitrogens with zero attached hydrogens (tertiary/aromatic N) is 3. The summed E-state index contributed by atoms with van der Waals surface area (Å²) >= 11 is 0. The normalized spacial score (nSPS) is 11.3. The zero-order valence-corrected chi connectivity index (χ0v) is 10.7. The van der Waals surface area contributed by atoms with Gasteiger partial charge in [0, 0.05) is 13.2 Å². The molecule has 0 aliphatic rings. The third-order valence-electron chi connectivity index (χ3n) is 2.70. The molecule has 17 heavy (non-hydrogen) atoms. The van der Waals surface area contributed by atoms with E-state index in [1.165, 1.54) is 16.7 Å². The largest absolute Gasteiger partial charge is 0.275 e. The second kappa shape index (κ2) is 4.53.